The standard InChI is InChI=1S/C19H24ClNO2/c1-3-22-18-13-16(12-17(20)19(18)23-4-2)14-21-11-10-15-8-6-5-7-9-15/h5-9,12-13,21H,3-4,10-11,14H2,1-2H3. The monoisotopic (exact) mass is 333 g/mol. The molecule has 0 aliphatic rings. The third-order valence-corrected chi connectivity index (χ3v) is 3.70. The molecule has 0 unspecified atom stereocenters. The molecule has 0 heterocycles. The molecule has 0 radical (unpaired) electrons. The molecule has 0 aromatic heterocycles. The fourth-order valence-electron chi connectivity index (χ4n) is 2.38. The zero-order valence-corrected chi connectivity index (χ0v) is 14.5. The van der Waals surface area contributed by atoms with Gasteiger partial charge in [-0.05, 0) is 50.1 Å². The molecule has 0 bridgehead atoms. The molecule has 1 N–H and O–H groups in total. The SMILES string of the molecule is CCOc1cc(CNCCc2ccccc2)cc(Cl)c1OCC. The lowest BCUT2D eigenvalue weighted by Gasteiger charge is -2.14. The maximum Gasteiger partial charge on any atom is 0.179 e. The number of nitrogens with one attached hydrogen (secondary N) is 1. The molecule has 2 aromatic carbocycles. The number of benzene rings is 2. The molecule has 0 atom stereocenters. The van der Waals surface area contributed by atoms with E-state index in [1.807, 2.05) is 32.0 Å². The summed E-state index contributed by atoms with van der Waals surface area (Å²) in [5.74, 6) is 1.34. The molecule has 0 spiro atoms. The van der Waals surface area contributed by atoms with Crippen LogP contribution in [0.5, 0.6) is 11.5 Å². The lowest BCUT2D eigenvalue weighted by molar-refractivity contribution is 0.287. The van der Waals surface area contributed by atoms with E-state index in [0.717, 1.165) is 25.1 Å². The first-order valence-corrected chi connectivity index (χ1v) is 8.45. The summed E-state index contributed by atoms with van der Waals surface area (Å²) >= 11 is 6.32. The highest BCUT2D eigenvalue weighted by Crippen LogP contribution is 2.36. The van der Waals surface area contributed by atoms with Crippen LogP contribution in [-0.2, 0) is 13.0 Å². The second-order valence-corrected chi connectivity index (χ2v) is 5.59. The quantitative estimate of drug-likeness (QED) is 0.687. The summed E-state index contributed by atoms with van der Waals surface area (Å²) in [7, 11) is 0. The molecule has 0 aliphatic heterocycles. The van der Waals surface area contributed by atoms with E-state index in [-0.39, 0.29) is 0 Å². The van der Waals surface area contributed by atoms with E-state index < -0.39 is 0 Å². The van der Waals surface area contributed by atoms with Crippen LogP contribution in [0.2, 0.25) is 5.02 Å². The Kier molecular flexibility index (Phi) is 7.24. The number of hydrogen-bond acceptors (Lipinski definition) is 3. The summed E-state index contributed by atoms with van der Waals surface area (Å²) in [5, 5.41) is 4.04. The molecule has 124 valence electrons. The maximum absolute atomic E-state index is 6.32. The van der Waals surface area contributed by atoms with Crippen LogP contribution in [0.4, 0.5) is 0 Å². The molecule has 0 saturated carbocycles. The summed E-state index contributed by atoms with van der Waals surface area (Å²) in [6.07, 6.45) is 1.00. The van der Waals surface area contributed by atoms with Gasteiger partial charge < -0.3 is 14.8 Å². The fourth-order valence-corrected chi connectivity index (χ4v) is 2.67. The number of hydrogen-bond donors (Lipinski definition) is 1. The molecule has 0 fully saturated rings. The molecule has 0 saturated heterocycles. The average Bonchev–Trinajstić information content (AvgIpc) is 2.56. The van der Waals surface area contributed by atoms with Crippen molar-refractivity contribution in [1.82, 2.24) is 5.32 Å². The van der Waals surface area contributed by atoms with Crippen molar-refractivity contribution < 1.29 is 9.47 Å². The van der Waals surface area contributed by atoms with Crippen LogP contribution in [0.15, 0.2) is 42.5 Å². The zero-order chi connectivity index (χ0) is 16.5. The first-order chi connectivity index (χ1) is 11.2. The lowest BCUT2D eigenvalue weighted by Crippen LogP contribution is -2.16. The van der Waals surface area contributed by atoms with Gasteiger partial charge in [0.25, 0.3) is 0 Å². The minimum absolute atomic E-state index is 0.564. The molecular weight excluding hydrogens is 310 g/mol. The van der Waals surface area contributed by atoms with Crippen molar-refractivity contribution in [3.63, 3.8) is 0 Å². The number of ether oxygens (including phenoxy) is 2. The topological polar surface area (TPSA) is 30.5 Å². The Hall–Kier alpha value is -1.71. The van der Waals surface area contributed by atoms with Crippen LogP contribution in [0.25, 0.3) is 0 Å². The number of halogens is 1. The zero-order valence-electron chi connectivity index (χ0n) is 13.8. The first kappa shape index (κ1) is 17.6. The first-order valence-electron chi connectivity index (χ1n) is 8.07. The molecule has 23 heavy (non-hydrogen) atoms. The van der Waals surface area contributed by atoms with E-state index in [2.05, 4.69) is 29.6 Å². The van der Waals surface area contributed by atoms with Crippen LogP contribution in [0, 0.1) is 0 Å². The van der Waals surface area contributed by atoms with Gasteiger partial charge in [0.1, 0.15) is 0 Å². The highest BCUT2D eigenvalue weighted by atomic mass is 35.5. The Bertz CT molecular complexity index is 602. The van der Waals surface area contributed by atoms with Crippen LogP contribution >= 0.6 is 11.6 Å². The normalized spacial score (nSPS) is 10.6. The van der Waals surface area contributed by atoms with Gasteiger partial charge in [-0.25, -0.2) is 0 Å². The van der Waals surface area contributed by atoms with Gasteiger partial charge in [-0.1, -0.05) is 41.9 Å². The largest absolute Gasteiger partial charge is 0.490 e. The summed E-state index contributed by atoms with van der Waals surface area (Å²) < 4.78 is 11.2. The Labute approximate surface area is 143 Å². The Morgan fingerprint density at radius 3 is 2.39 bits per heavy atom. The minimum atomic E-state index is 0.564. The van der Waals surface area contributed by atoms with Gasteiger partial charge in [0.15, 0.2) is 11.5 Å². The highest BCUT2D eigenvalue weighted by Gasteiger charge is 2.12. The highest BCUT2D eigenvalue weighted by molar-refractivity contribution is 6.32. The minimum Gasteiger partial charge on any atom is -0.490 e. The lowest BCUT2D eigenvalue weighted by atomic mass is 10.1. The molecule has 2 aromatic rings. The molecular formula is C19H24ClNO2. The average molecular weight is 334 g/mol. The van der Waals surface area contributed by atoms with Gasteiger partial charge in [-0.15, -0.1) is 0 Å². The Balaban J connectivity index is 1.94. The number of rotatable bonds is 9. The van der Waals surface area contributed by atoms with Gasteiger partial charge in [-0.2, -0.15) is 0 Å². The van der Waals surface area contributed by atoms with Crippen molar-refractivity contribution in [2.75, 3.05) is 19.8 Å². The van der Waals surface area contributed by atoms with Gasteiger partial charge in [-0.3, -0.25) is 0 Å². The molecule has 0 amide bonds. The fraction of sp³-hybridized carbons (Fsp3) is 0.368. The van der Waals surface area contributed by atoms with Gasteiger partial charge in [0.2, 0.25) is 0 Å². The molecule has 0 aliphatic carbocycles. The van der Waals surface area contributed by atoms with Gasteiger partial charge in [0.05, 0.1) is 18.2 Å². The third-order valence-electron chi connectivity index (χ3n) is 3.42. The predicted molar refractivity (Wildman–Crippen MR) is 95.6 cm³/mol. The van der Waals surface area contributed by atoms with Crippen molar-refractivity contribution in [3.05, 3.63) is 58.6 Å². The van der Waals surface area contributed by atoms with Crippen LogP contribution < -0.4 is 14.8 Å². The summed E-state index contributed by atoms with van der Waals surface area (Å²) in [6, 6.07) is 14.4. The summed E-state index contributed by atoms with van der Waals surface area (Å²) in [5.41, 5.74) is 2.43. The van der Waals surface area contributed by atoms with E-state index in [1.54, 1.807) is 0 Å². The van der Waals surface area contributed by atoms with Crippen molar-refractivity contribution in [1.29, 1.82) is 0 Å². The van der Waals surface area contributed by atoms with Gasteiger partial charge >= 0.3 is 0 Å². The van der Waals surface area contributed by atoms with Crippen molar-refractivity contribution in [3.8, 4) is 11.5 Å². The molecule has 3 nitrogen and oxygen atoms in total. The maximum atomic E-state index is 6.32. The molecule has 2 rings (SSSR count). The Morgan fingerprint density at radius 2 is 1.70 bits per heavy atom. The van der Waals surface area contributed by atoms with Gasteiger partial charge in [0, 0.05) is 6.54 Å². The van der Waals surface area contributed by atoms with Crippen LogP contribution in [0.3, 0.4) is 0 Å². The van der Waals surface area contributed by atoms with E-state index >= 15 is 0 Å². The summed E-state index contributed by atoms with van der Waals surface area (Å²) in [6.45, 7) is 6.70. The van der Waals surface area contributed by atoms with E-state index in [4.69, 9.17) is 21.1 Å². The van der Waals surface area contributed by atoms with E-state index in [0.29, 0.717) is 29.7 Å². The van der Waals surface area contributed by atoms with E-state index in [1.165, 1.54) is 5.56 Å². The second kappa shape index (κ2) is 9.43. The van der Waals surface area contributed by atoms with Crippen LogP contribution in [-0.4, -0.2) is 19.8 Å². The molecule has 4 heteroatoms. The van der Waals surface area contributed by atoms with E-state index in [9.17, 15) is 0 Å². The Morgan fingerprint density at radius 1 is 0.957 bits per heavy atom. The van der Waals surface area contributed by atoms with Crippen molar-refractivity contribution in [2.24, 2.45) is 0 Å². The third kappa shape index (κ3) is 5.45. The summed E-state index contributed by atoms with van der Waals surface area (Å²) in [4.78, 5) is 0. The van der Waals surface area contributed by atoms with Crippen molar-refractivity contribution in [2.45, 2.75) is 26.8 Å². The smallest absolute Gasteiger partial charge is 0.179 e. The second-order valence-electron chi connectivity index (χ2n) is 5.18. The van der Waals surface area contributed by atoms with Crippen LogP contribution in [0.1, 0.15) is 25.0 Å². The predicted octanol–water partition coefficient (Wildman–Crippen LogP) is 4.47. The van der Waals surface area contributed by atoms with Crippen molar-refractivity contribution >= 4 is 11.6 Å².